The highest BCUT2D eigenvalue weighted by molar-refractivity contribution is 9.10. The van der Waals surface area contributed by atoms with Crippen LogP contribution in [0, 0.1) is 6.92 Å². The van der Waals surface area contributed by atoms with Crippen molar-refractivity contribution in [3.05, 3.63) is 51.2 Å². The molecule has 17 heavy (non-hydrogen) atoms. The van der Waals surface area contributed by atoms with Gasteiger partial charge in [-0.25, -0.2) is 9.97 Å². The molecule has 0 radical (unpaired) electrons. The zero-order valence-electron chi connectivity index (χ0n) is 9.15. The van der Waals surface area contributed by atoms with E-state index in [4.69, 9.17) is 11.6 Å². The third-order valence-electron chi connectivity index (χ3n) is 2.14. The smallest absolute Gasteiger partial charge is 0.188 e. The molecular formula is C12H10BrClN2S. The van der Waals surface area contributed by atoms with Crippen molar-refractivity contribution in [2.24, 2.45) is 0 Å². The second kappa shape index (κ2) is 5.85. The lowest BCUT2D eigenvalue weighted by Crippen LogP contribution is -1.89. The number of hydrogen-bond acceptors (Lipinski definition) is 3. The Balaban J connectivity index is 2.07. The Morgan fingerprint density at radius 2 is 2.18 bits per heavy atom. The largest absolute Gasteiger partial charge is 0.231 e. The zero-order valence-corrected chi connectivity index (χ0v) is 12.3. The zero-order chi connectivity index (χ0) is 12.3. The Morgan fingerprint density at radius 3 is 2.88 bits per heavy atom. The lowest BCUT2D eigenvalue weighted by atomic mass is 10.2. The van der Waals surface area contributed by atoms with E-state index in [1.54, 1.807) is 18.0 Å². The van der Waals surface area contributed by atoms with Crippen LogP contribution in [0.4, 0.5) is 0 Å². The van der Waals surface area contributed by atoms with Crippen LogP contribution >= 0.6 is 39.3 Å². The molecule has 0 aliphatic carbocycles. The number of aryl methyl sites for hydroxylation is 1. The summed E-state index contributed by atoms with van der Waals surface area (Å²) >= 11 is 11.1. The van der Waals surface area contributed by atoms with Gasteiger partial charge in [-0.05, 0) is 30.7 Å². The molecule has 1 heterocycles. The molecule has 0 spiro atoms. The molecular weight excluding hydrogens is 320 g/mol. The van der Waals surface area contributed by atoms with Crippen molar-refractivity contribution >= 4 is 39.3 Å². The van der Waals surface area contributed by atoms with E-state index < -0.39 is 0 Å². The molecule has 1 aromatic carbocycles. The van der Waals surface area contributed by atoms with E-state index in [1.807, 2.05) is 31.2 Å². The fourth-order valence-corrected chi connectivity index (χ4v) is 2.98. The Morgan fingerprint density at radius 1 is 1.35 bits per heavy atom. The van der Waals surface area contributed by atoms with E-state index in [0.717, 1.165) is 31.7 Å². The maximum Gasteiger partial charge on any atom is 0.188 e. The van der Waals surface area contributed by atoms with Crippen LogP contribution in [-0.4, -0.2) is 9.97 Å². The lowest BCUT2D eigenvalue weighted by Gasteiger charge is -2.04. The van der Waals surface area contributed by atoms with Gasteiger partial charge in [0.25, 0.3) is 0 Å². The SMILES string of the molecule is Cc1ccnc(SCc2ccc(Br)cc2Cl)n1. The minimum atomic E-state index is 0.763. The molecule has 2 aromatic rings. The van der Waals surface area contributed by atoms with Gasteiger partial charge in [0.2, 0.25) is 0 Å². The Kier molecular flexibility index (Phi) is 4.42. The monoisotopic (exact) mass is 328 g/mol. The first-order valence-corrected chi connectivity index (χ1v) is 7.17. The summed E-state index contributed by atoms with van der Waals surface area (Å²) in [7, 11) is 0. The Bertz CT molecular complexity index is 534. The molecule has 0 aliphatic heterocycles. The number of nitrogens with zero attached hydrogens (tertiary/aromatic N) is 2. The number of benzene rings is 1. The minimum absolute atomic E-state index is 0.763. The summed E-state index contributed by atoms with van der Waals surface area (Å²) in [4.78, 5) is 8.54. The predicted molar refractivity (Wildman–Crippen MR) is 75.5 cm³/mol. The molecule has 0 fully saturated rings. The molecule has 0 amide bonds. The van der Waals surface area contributed by atoms with Crippen LogP contribution in [0.2, 0.25) is 5.02 Å². The van der Waals surface area contributed by atoms with Crippen LogP contribution in [-0.2, 0) is 5.75 Å². The van der Waals surface area contributed by atoms with Gasteiger partial charge in [-0.3, -0.25) is 0 Å². The van der Waals surface area contributed by atoms with E-state index in [-0.39, 0.29) is 0 Å². The Labute approximate surface area is 118 Å². The molecule has 1 aromatic heterocycles. The van der Waals surface area contributed by atoms with Crippen molar-refractivity contribution in [3.8, 4) is 0 Å². The summed E-state index contributed by atoms with van der Waals surface area (Å²) in [6.45, 7) is 1.96. The minimum Gasteiger partial charge on any atom is -0.231 e. The van der Waals surface area contributed by atoms with Gasteiger partial charge in [0, 0.05) is 27.1 Å². The molecule has 88 valence electrons. The highest BCUT2D eigenvalue weighted by atomic mass is 79.9. The van der Waals surface area contributed by atoms with Crippen molar-refractivity contribution in [2.75, 3.05) is 0 Å². The molecule has 0 atom stereocenters. The van der Waals surface area contributed by atoms with Gasteiger partial charge in [0.1, 0.15) is 0 Å². The summed E-state index contributed by atoms with van der Waals surface area (Å²) in [5.41, 5.74) is 2.06. The number of thioether (sulfide) groups is 1. The van der Waals surface area contributed by atoms with Crippen LogP contribution in [0.3, 0.4) is 0 Å². The van der Waals surface area contributed by atoms with Crippen molar-refractivity contribution < 1.29 is 0 Å². The van der Waals surface area contributed by atoms with Crippen LogP contribution in [0.25, 0.3) is 0 Å². The fourth-order valence-electron chi connectivity index (χ4n) is 1.28. The van der Waals surface area contributed by atoms with Crippen molar-refractivity contribution in [3.63, 3.8) is 0 Å². The molecule has 0 N–H and O–H groups in total. The van der Waals surface area contributed by atoms with E-state index in [2.05, 4.69) is 25.9 Å². The van der Waals surface area contributed by atoms with Gasteiger partial charge in [-0.15, -0.1) is 0 Å². The number of aromatic nitrogens is 2. The molecule has 0 saturated heterocycles. The van der Waals surface area contributed by atoms with Crippen LogP contribution in [0.5, 0.6) is 0 Å². The predicted octanol–water partition coefficient (Wildman–Crippen LogP) is 4.49. The standard InChI is InChI=1S/C12H10BrClN2S/c1-8-4-5-15-12(16-8)17-7-9-2-3-10(13)6-11(9)14/h2-6H,7H2,1H3. The van der Waals surface area contributed by atoms with Crippen molar-refractivity contribution in [1.82, 2.24) is 9.97 Å². The quantitative estimate of drug-likeness (QED) is 0.613. The molecule has 2 nitrogen and oxygen atoms in total. The molecule has 2 rings (SSSR count). The van der Waals surface area contributed by atoms with Gasteiger partial charge in [-0.2, -0.15) is 0 Å². The first kappa shape index (κ1) is 12.9. The maximum atomic E-state index is 6.14. The topological polar surface area (TPSA) is 25.8 Å². The molecule has 5 heteroatoms. The first-order valence-electron chi connectivity index (χ1n) is 5.01. The number of rotatable bonds is 3. The van der Waals surface area contributed by atoms with E-state index in [9.17, 15) is 0 Å². The molecule has 0 bridgehead atoms. The summed E-state index contributed by atoms with van der Waals surface area (Å²) in [5.74, 6) is 0.773. The molecule has 0 saturated carbocycles. The van der Waals surface area contributed by atoms with Crippen molar-refractivity contribution in [1.29, 1.82) is 0 Å². The summed E-state index contributed by atoms with van der Waals surface area (Å²) in [6, 6.07) is 7.78. The van der Waals surface area contributed by atoms with Gasteiger partial charge in [0.15, 0.2) is 5.16 Å². The first-order chi connectivity index (χ1) is 8.15. The average molecular weight is 330 g/mol. The van der Waals surface area contributed by atoms with Gasteiger partial charge >= 0.3 is 0 Å². The second-order valence-electron chi connectivity index (χ2n) is 3.51. The highest BCUT2D eigenvalue weighted by Crippen LogP contribution is 2.27. The van der Waals surface area contributed by atoms with Gasteiger partial charge < -0.3 is 0 Å². The molecule has 0 unspecified atom stereocenters. The van der Waals surface area contributed by atoms with E-state index in [1.165, 1.54) is 0 Å². The number of halogens is 2. The fraction of sp³-hybridized carbons (Fsp3) is 0.167. The van der Waals surface area contributed by atoms with E-state index >= 15 is 0 Å². The summed E-state index contributed by atoms with van der Waals surface area (Å²) in [5, 5.41) is 1.54. The molecule has 0 aliphatic rings. The van der Waals surface area contributed by atoms with Crippen LogP contribution < -0.4 is 0 Å². The van der Waals surface area contributed by atoms with Crippen LogP contribution in [0.15, 0.2) is 40.1 Å². The van der Waals surface area contributed by atoms with Gasteiger partial charge in [0.05, 0.1) is 0 Å². The average Bonchev–Trinajstić information content (AvgIpc) is 2.28. The van der Waals surface area contributed by atoms with Crippen molar-refractivity contribution in [2.45, 2.75) is 17.8 Å². The second-order valence-corrected chi connectivity index (χ2v) is 5.77. The lowest BCUT2D eigenvalue weighted by molar-refractivity contribution is 0.932. The van der Waals surface area contributed by atoms with Gasteiger partial charge in [-0.1, -0.05) is 45.4 Å². The van der Waals surface area contributed by atoms with E-state index in [0.29, 0.717) is 0 Å². The Hall–Kier alpha value is -0.580. The highest BCUT2D eigenvalue weighted by Gasteiger charge is 2.04. The summed E-state index contributed by atoms with van der Waals surface area (Å²) in [6.07, 6.45) is 1.77. The van der Waals surface area contributed by atoms with Crippen LogP contribution in [0.1, 0.15) is 11.3 Å². The third-order valence-corrected chi connectivity index (χ3v) is 3.90. The third kappa shape index (κ3) is 3.69. The maximum absolute atomic E-state index is 6.14. The summed E-state index contributed by atoms with van der Waals surface area (Å²) < 4.78 is 0.989. The normalized spacial score (nSPS) is 10.5. The number of hydrogen-bond donors (Lipinski definition) is 0.